The topological polar surface area (TPSA) is 96.0 Å². The summed E-state index contributed by atoms with van der Waals surface area (Å²) >= 11 is 6.30. The molecule has 3 aromatic rings. The minimum Gasteiger partial charge on any atom is -0.490 e. The zero-order valence-corrected chi connectivity index (χ0v) is 21.5. The molecule has 0 aliphatic carbocycles. The van der Waals surface area contributed by atoms with Gasteiger partial charge < -0.3 is 15.0 Å². The van der Waals surface area contributed by atoms with Gasteiger partial charge in [-0.1, -0.05) is 35.9 Å². The van der Waals surface area contributed by atoms with Gasteiger partial charge in [0.1, 0.15) is 25.2 Å². The number of halogens is 1. The first-order chi connectivity index (χ1) is 17.2. The van der Waals surface area contributed by atoms with Gasteiger partial charge in [0.05, 0.1) is 22.8 Å². The van der Waals surface area contributed by atoms with Crippen molar-refractivity contribution in [2.24, 2.45) is 0 Å². The highest BCUT2D eigenvalue weighted by molar-refractivity contribution is 7.92. The van der Waals surface area contributed by atoms with E-state index in [0.717, 1.165) is 21.8 Å². The van der Waals surface area contributed by atoms with Crippen LogP contribution in [0.4, 0.5) is 11.4 Å². The third kappa shape index (κ3) is 5.32. The number of nitrogens with zero attached hydrogens (tertiary/aromatic N) is 2. The predicted molar refractivity (Wildman–Crippen MR) is 140 cm³/mol. The number of ether oxygens (including phenoxy) is 1. The molecule has 0 bridgehead atoms. The maximum atomic E-state index is 13.9. The Morgan fingerprint density at radius 1 is 1.17 bits per heavy atom. The van der Waals surface area contributed by atoms with Gasteiger partial charge in [-0.2, -0.15) is 0 Å². The molecule has 0 saturated heterocycles. The molecule has 0 spiro atoms. The highest BCUT2D eigenvalue weighted by Crippen LogP contribution is 2.36. The Morgan fingerprint density at radius 3 is 2.72 bits per heavy atom. The summed E-state index contributed by atoms with van der Waals surface area (Å²) < 4.78 is 34.5. The minimum absolute atomic E-state index is 0.00223. The minimum atomic E-state index is -4.16. The van der Waals surface area contributed by atoms with E-state index in [4.69, 9.17) is 16.3 Å². The lowest BCUT2D eigenvalue weighted by atomic mass is 10.1. The van der Waals surface area contributed by atoms with Crippen LogP contribution in [0.15, 0.2) is 65.6 Å². The third-order valence-electron chi connectivity index (χ3n) is 5.99. The number of sulfonamides is 1. The second kappa shape index (κ2) is 10.6. The van der Waals surface area contributed by atoms with E-state index in [9.17, 15) is 18.0 Å². The van der Waals surface area contributed by atoms with Crippen molar-refractivity contribution in [3.63, 3.8) is 0 Å². The van der Waals surface area contributed by atoms with E-state index < -0.39 is 22.5 Å². The molecule has 10 heteroatoms. The molecular formula is C26H26ClN3O5S. The van der Waals surface area contributed by atoms with Crippen LogP contribution < -0.4 is 19.3 Å². The van der Waals surface area contributed by atoms with Crippen LogP contribution in [0.2, 0.25) is 5.02 Å². The van der Waals surface area contributed by atoms with Crippen LogP contribution in [0.5, 0.6) is 5.75 Å². The molecular weight excluding hydrogens is 502 g/mol. The highest BCUT2D eigenvalue weighted by atomic mass is 35.5. The summed E-state index contributed by atoms with van der Waals surface area (Å²) in [5.41, 5.74) is 2.83. The average molecular weight is 528 g/mol. The summed E-state index contributed by atoms with van der Waals surface area (Å²) in [6.07, 6.45) is 0.724. The highest BCUT2D eigenvalue weighted by Gasteiger charge is 2.30. The molecule has 1 amide bonds. The van der Waals surface area contributed by atoms with E-state index in [2.05, 4.69) is 5.32 Å². The van der Waals surface area contributed by atoms with Gasteiger partial charge in [-0.05, 0) is 48.4 Å². The first-order valence-electron chi connectivity index (χ1n) is 11.3. The third-order valence-corrected chi connectivity index (χ3v) is 8.15. The number of rotatable bonds is 8. The van der Waals surface area contributed by atoms with Crippen LogP contribution in [0.1, 0.15) is 21.5 Å². The summed E-state index contributed by atoms with van der Waals surface area (Å²) in [7, 11) is -2.25. The Labute approximate surface area is 215 Å². The number of amides is 1. The molecule has 1 heterocycles. The lowest BCUT2D eigenvalue weighted by Gasteiger charge is -2.29. The summed E-state index contributed by atoms with van der Waals surface area (Å²) in [4.78, 5) is 26.0. The van der Waals surface area contributed by atoms with Crippen molar-refractivity contribution >= 4 is 45.2 Å². The van der Waals surface area contributed by atoms with Gasteiger partial charge in [-0.15, -0.1) is 0 Å². The van der Waals surface area contributed by atoms with E-state index in [0.29, 0.717) is 40.7 Å². The molecule has 1 aliphatic heterocycles. The summed E-state index contributed by atoms with van der Waals surface area (Å²) in [5.74, 6) is -0.0458. The van der Waals surface area contributed by atoms with Gasteiger partial charge in [0.15, 0.2) is 0 Å². The smallest absolute Gasteiger partial charge is 0.264 e. The molecule has 0 radical (unpaired) electrons. The number of carbonyl (C=O) groups excluding carboxylic acids is 2. The number of anilines is 2. The number of likely N-dealkylation sites (N-methyl/N-ethyl adjacent to an activating group) is 1. The van der Waals surface area contributed by atoms with E-state index in [1.165, 1.54) is 12.1 Å². The van der Waals surface area contributed by atoms with Crippen LogP contribution in [-0.2, 0) is 21.4 Å². The first-order valence-corrected chi connectivity index (χ1v) is 13.1. The van der Waals surface area contributed by atoms with Gasteiger partial charge >= 0.3 is 0 Å². The van der Waals surface area contributed by atoms with Crippen LogP contribution in [-0.4, -0.2) is 47.4 Å². The molecule has 36 heavy (non-hydrogen) atoms. The van der Waals surface area contributed by atoms with Crippen molar-refractivity contribution in [2.75, 3.05) is 35.9 Å². The molecule has 0 atom stereocenters. The molecule has 8 nitrogen and oxygen atoms in total. The van der Waals surface area contributed by atoms with Crippen molar-refractivity contribution in [2.45, 2.75) is 18.4 Å². The number of hydrogen-bond donors (Lipinski definition) is 1. The number of hydrogen-bond acceptors (Lipinski definition) is 6. The van der Waals surface area contributed by atoms with Crippen molar-refractivity contribution in [3.8, 4) is 5.75 Å². The number of aldehydes is 1. The SMILES string of the molecule is Cc1c(Cl)cccc1N(CC(=O)NCc1cccc(C=O)c1)S(=O)(=O)c1ccc2c(c1)OCCN2C. The lowest BCUT2D eigenvalue weighted by Crippen LogP contribution is -2.41. The number of nitrogens with one attached hydrogen (secondary N) is 1. The number of benzene rings is 3. The molecule has 1 N–H and O–H groups in total. The molecule has 0 saturated carbocycles. The zero-order chi connectivity index (χ0) is 25.9. The average Bonchev–Trinajstić information content (AvgIpc) is 2.88. The van der Waals surface area contributed by atoms with Crippen molar-refractivity contribution in [1.29, 1.82) is 0 Å². The molecule has 0 aromatic heterocycles. The van der Waals surface area contributed by atoms with E-state index in [1.54, 1.807) is 55.5 Å². The van der Waals surface area contributed by atoms with Crippen molar-refractivity contribution in [3.05, 3.63) is 82.4 Å². The van der Waals surface area contributed by atoms with Crippen LogP contribution in [0.3, 0.4) is 0 Å². The van der Waals surface area contributed by atoms with E-state index in [1.807, 2.05) is 11.9 Å². The zero-order valence-electron chi connectivity index (χ0n) is 19.9. The monoisotopic (exact) mass is 527 g/mol. The van der Waals surface area contributed by atoms with Gasteiger partial charge in [0, 0.05) is 30.2 Å². The lowest BCUT2D eigenvalue weighted by molar-refractivity contribution is -0.119. The maximum absolute atomic E-state index is 13.9. The van der Waals surface area contributed by atoms with Gasteiger partial charge in [-0.25, -0.2) is 8.42 Å². The molecule has 0 fully saturated rings. The fourth-order valence-corrected chi connectivity index (χ4v) is 5.62. The quantitative estimate of drug-likeness (QED) is 0.448. The molecule has 0 unspecified atom stereocenters. The van der Waals surface area contributed by atoms with Crippen LogP contribution in [0.25, 0.3) is 0 Å². The van der Waals surface area contributed by atoms with Crippen molar-refractivity contribution in [1.82, 2.24) is 5.32 Å². The van der Waals surface area contributed by atoms with E-state index in [-0.39, 0.29) is 11.4 Å². The Balaban J connectivity index is 1.65. The van der Waals surface area contributed by atoms with Crippen LogP contribution in [0, 0.1) is 6.92 Å². The van der Waals surface area contributed by atoms with Gasteiger partial charge in [0.2, 0.25) is 5.91 Å². The molecule has 4 rings (SSSR count). The summed E-state index contributed by atoms with van der Waals surface area (Å²) in [5, 5.41) is 3.12. The largest absolute Gasteiger partial charge is 0.490 e. The Hall–Kier alpha value is -3.56. The fourth-order valence-electron chi connectivity index (χ4n) is 3.96. The fraction of sp³-hybridized carbons (Fsp3) is 0.231. The second-order valence-electron chi connectivity index (χ2n) is 8.43. The first kappa shape index (κ1) is 25.5. The molecule has 3 aromatic carbocycles. The standard InChI is InChI=1S/C26H26ClN3O5S/c1-18-22(27)7-4-8-23(18)30(16-26(32)28-15-19-5-3-6-20(13-19)17-31)36(33,34)21-9-10-24-25(14-21)35-12-11-29(24)2/h3-10,13-14,17H,11-12,15-16H2,1-2H3,(H,28,32). The summed E-state index contributed by atoms with van der Waals surface area (Å²) in [6, 6.07) is 16.4. The summed E-state index contributed by atoms with van der Waals surface area (Å²) in [6.45, 7) is 2.52. The predicted octanol–water partition coefficient (Wildman–Crippen LogP) is 3.80. The molecule has 1 aliphatic rings. The second-order valence-corrected chi connectivity index (χ2v) is 10.7. The van der Waals surface area contributed by atoms with Gasteiger partial charge in [0.25, 0.3) is 10.0 Å². The van der Waals surface area contributed by atoms with E-state index >= 15 is 0 Å². The Kier molecular flexibility index (Phi) is 7.51. The maximum Gasteiger partial charge on any atom is 0.264 e. The number of carbonyl (C=O) groups is 2. The van der Waals surface area contributed by atoms with Gasteiger partial charge in [-0.3, -0.25) is 13.9 Å². The number of fused-ring (bicyclic) bond motifs is 1. The Morgan fingerprint density at radius 2 is 1.94 bits per heavy atom. The Bertz CT molecular complexity index is 1410. The van der Waals surface area contributed by atoms with Crippen LogP contribution >= 0.6 is 11.6 Å². The molecule has 188 valence electrons. The normalized spacial score (nSPS) is 12.9. The van der Waals surface area contributed by atoms with Crippen molar-refractivity contribution < 1.29 is 22.7 Å².